The van der Waals surface area contributed by atoms with Gasteiger partial charge in [0.15, 0.2) is 5.76 Å². The number of carbonyl (C=O) groups is 1. The first-order valence-corrected chi connectivity index (χ1v) is 7.55. The first-order chi connectivity index (χ1) is 10.9. The van der Waals surface area contributed by atoms with Gasteiger partial charge < -0.3 is 9.84 Å². The summed E-state index contributed by atoms with van der Waals surface area (Å²) in [5.41, 5.74) is 2.44. The Morgan fingerprint density at radius 1 is 1.35 bits per heavy atom. The SMILES string of the molecule is Cc1c(CN(C)CC(=O)NC(C)C)noc1-c1ccc(F)cc1. The number of nitrogens with zero attached hydrogens (tertiary/aromatic N) is 2. The monoisotopic (exact) mass is 319 g/mol. The number of aromatic nitrogens is 1. The average molecular weight is 319 g/mol. The van der Waals surface area contributed by atoms with Crippen LogP contribution >= 0.6 is 0 Å². The quantitative estimate of drug-likeness (QED) is 0.889. The van der Waals surface area contributed by atoms with Gasteiger partial charge in [0.2, 0.25) is 5.91 Å². The van der Waals surface area contributed by atoms with Gasteiger partial charge in [0.25, 0.3) is 0 Å². The summed E-state index contributed by atoms with van der Waals surface area (Å²) in [6.45, 7) is 6.55. The molecular weight excluding hydrogens is 297 g/mol. The van der Waals surface area contributed by atoms with E-state index in [1.807, 2.05) is 32.7 Å². The number of nitrogens with one attached hydrogen (secondary N) is 1. The number of hydrogen-bond donors (Lipinski definition) is 1. The zero-order chi connectivity index (χ0) is 17.0. The fraction of sp³-hybridized carbons (Fsp3) is 0.412. The highest BCUT2D eigenvalue weighted by atomic mass is 19.1. The van der Waals surface area contributed by atoms with Crippen LogP contribution in [0.5, 0.6) is 0 Å². The largest absolute Gasteiger partial charge is 0.356 e. The topological polar surface area (TPSA) is 58.4 Å². The molecule has 0 aliphatic heterocycles. The van der Waals surface area contributed by atoms with Crippen molar-refractivity contribution in [2.45, 2.75) is 33.4 Å². The molecule has 23 heavy (non-hydrogen) atoms. The van der Waals surface area contributed by atoms with Crippen LogP contribution in [0.2, 0.25) is 0 Å². The second-order valence-corrected chi connectivity index (χ2v) is 5.98. The molecule has 0 atom stereocenters. The minimum atomic E-state index is -0.290. The van der Waals surface area contributed by atoms with E-state index in [0.29, 0.717) is 12.3 Å². The van der Waals surface area contributed by atoms with Gasteiger partial charge in [0.05, 0.1) is 6.54 Å². The summed E-state index contributed by atoms with van der Waals surface area (Å²) in [4.78, 5) is 13.6. The van der Waals surface area contributed by atoms with Crippen LogP contribution in [0.15, 0.2) is 28.8 Å². The normalized spacial score (nSPS) is 11.3. The van der Waals surface area contributed by atoms with Gasteiger partial charge >= 0.3 is 0 Å². The Morgan fingerprint density at radius 3 is 2.61 bits per heavy atom. The highest BCUT2D eigenvalue weighted by Crippen LogP contribution is 2.26. The van der Waals surface area contributed by atoms with Crippen LogP contribution in [-0.2, 0) is 11.3 Å². The molecule has 5 nitrogen and oxygen atoms in total. The summed E-state index contributed by atoms with van der Waals surface area (Å²) in [5.74, 6) is 0.310. The summed E-state index contributed by atoms with van der Waals surface area (Å²) < 4.78 is 18.4. The Morgan fingerprint density at radius 2 is 2.00 bits per heavy atom. The summed E-state index contributed by atoms with van der Waals surface area (Å²) in [6.07, 6.45) is 0. The standard InChI is InChI=1S/C17H22FN3O2/c1-11(2)19-16(22)10-21(4)9-15-12(3)17(23-20-15)13-5-7-14(18)8-6-13/h5-8,11H,9-10H2,1-4H3,(H,19,22). The molecule has 1 heterocycles. The molecule has 1 aromatic carbocycles. The van der Waals surface area contributed by atoms with E-state index in [0.717, 1.165) is 16.8 Å². The van der Waals surface area contributed by atoms with E-state index < -0.39 is 0 Å². The molecule has 0 radical (unpaired) electrons. The number of benzene rings is 1. The maximum atomic E-state index is 13.0. The van der Waals surface area contributed by atoms with E-state index in [2.05, 4.69) is 10.5 Å². The minimum absolute atomic E-state index is 0.0255. The van der Waals surface area contributed by atoms with Crippen molar-refractivity contribution in [3.63, 3.8) is 0 Å². The molecule has 0 saturated heterocycles. The molecule has 2 rings (SSSR count). The minimum Gasteiger partial charge on any atom is -0.356 e. The van der Waals surface area contributed by atoms with E-state index in [4.69, 9.17) is 4.52 Å². The van der Waals surface area contributed by atoms with Crippen LogP contribution in [0.3, 0.4) is 0 Å². The van der Waals surface area contributed by atoms with Crippen molar-refractivity contribution >= 4 is 5.91 Å². The molecule has 124 valence electrons. The Balaban J connectivity index is 2.04. The van der Waals surface area contributed by atoms with Crippen molar-refractivity contribution in [3.8, 4) is 11.3 Å². The fourth-order valence-corrected chi connectivity index (χ4v) is 2.31. The number of halogens is 1. The predicted octanol–water partition coefficient (Wildman–Crippen LogP) is 2.75. The lowest BCUT2D eigenvalue weighted by atomic mass is 10.1. The van der Waals surface area contributed by atoms with Crippen molar-refractivity contribution in [1.29, 1.82) is 0 Å². The summed E-state index contributed by atoms with van der Waals surface area (Å²) in [7, 11) is 1.85. The maximum absolute atomic E-state index is 13.0. The highest BCUT2D eigenvalue weighted by molar-refractivity contribution is 5.78. The molecule has 0 fully saturated rings. The Labute approximate surface area is 135 Å². The molecule has 0 aliphatic carbocycles. The predicted molar refractivity (Wildman–Crippen MR) is 86.2 cm³/mol. The number of rotatable bonds is 6. The van der Waals surface area contributed by atoms with E-state index in [-0.39, 0.29) is 24.3 Å². The Bertz CT molecular complexity index is 665. The molecule has 0 spiro atoms. The van der Waals surface area contributed by atoms with Crippen molar-refractivity contribution in [1.82, 2.24) is 15.4 Å². The molecule has 2 aromatic rings. The van der Waals surface area contributed by atoms with E-state index in [1.165, 1.54) is 12.1 Å². The van der Waals surface area contributed by atoms with Crippen LogP contribution in [0.25, 0.3) is 11.3 Å². The van der Waals surface area contributed by atoms with Crippen molar-refractivity contribution in [2.75, 3.05) is 13.6 Å². The number of carbonyl (C=O) groups excluding carboxylic acids is 1. The molecule has 1 amide bonds. The molecule has 0 saturated carbocycles. The maximum Gasteiger partial charge on any atom is 0.234 e. The summed E-state index contributed by atoms with van der Waals surface area (Å²) in [6, 6.07) is 6.21. The molecule has 0 aliphatic rings. The molecule has 6 heteroatoms. The number of amides is 1. The van der Waals surface area contributed by atoms with Crippen LogP contribution in [-0.4, -0.2) is 35.6 Å². The molecule has 1 aromatic heterocycles. The fourth-order valence-electron chi connectivity index (χ4n) is 2.31. The summed E-state index contributed by atoms with van der Waals surface area (Å²) in [5, 5.41) is 6.93. The van der Waals surface area contributed by atoms with Gasteiger partial charge in [-0.05, 0) is 52.1 Å². The van der Waals surface area contributed by atoms with E-state index in [1.54, 1.807) is 12.1 Å². The van der Waals surface area contributed by atoms with Crippen molar-refractivity contribution in [3.05, 3.63) is 41.3 Å². The Kier molecular flexibility index (Phi) is 5.50. The zero-order valence-electron chi connectivity index (χ0n) is 13.9. The van der Waals surface area contributed by atoms with Gasteiger partial charge in [0, 0.05) is 23.7 Å². The molecule has 1 N–H and O–H groups in total. The third-order valence-corrected chi connectivity index (χ3v) is 3.41. The lowest BCUT2D eigenvalue weighted by Crippen LogP contribution is -2.38. The number of likely N-dealkylation sites (N-methyl/N-ethyl adjacent to an activating group) is 1. The lowest BCUT2D eigenvalue weighted by molar-refractivity contribution is -0.122. The lowest BCUT2D eigenvalue weighted by Gasteiger charge is -2.16. The van der Waals surface area contributed by atoms with Crippen molar-refractivity contribution in [2.24, 2.45) is 0 Å². The van der Waals surface area contributed by atoms with Crippen LogP contribution < -0.4 is 5.32 Å². The summed E-state index contributed by atoms with van der Waals surface area (Å²) >= 11 is 0. The number of hydrogen-bond acceptors (Lipinski definition) is 4. The van der Waals surface area contributed by atoms with Gasteiger partial charge in [-0.15, -0.1) is 0 Å². The highest BCUT2D eigenvalue weighted by Gasteiger charge is 2.16. The molecule has 0 bridgehead atoms. The first kappa shape index (κ1) is 17.1. The average Bonchev–Trinajstić information content (AvgIpc) is 2.80. The first-order valence-electron chi connectivity index (χ1n) is 7.55. The second-order valence-electron chi connectivity index (χ2n) is 5.98. The van der Waals surface area contributed by atoms with Gasteiger partial charge in [0.1, 0.15) is 11.5 Å². The zero-order valence-corrected chi connectivity index (χ0v) is 13.9. The third kappa shape index (κ3) is 4.63. The van der Waals surface area contributed by atoms with Crippen LogP contribution in [0.1, 0.15) is 25.1 Å². The van der Waals surface area contributed by atoms with Gasteiger partial charge in [-0.2, -0.15) is 0 Å². The van der Waals surface area contributed by atoms with Crippen molar-refractivity contribution < 1.29 is 13.7 Å². The molecule has 0 unspecified atom stereocenters. The van der Waals surface area contributed by atoms with Gasteiger partial charge in [-0.25, -0.2) is 4.39 Å². The Hall–Kier alpha value is -2.21. The van der Waals surface area contributed by atoms with Crippen LogP contribution in [0, 0.1) is 12.7 Å². The molecular formula is C17H22FN3O2. The van der Waals surface area contributed by atoms with Crippen LogP contribution in [0.4, 0.5) is 4.39 Å². The second kappa shape index (κ2) is 7.37. The van der Waals surface area contributed by atoms with E-state index >= 15 is 0 Å². The van der Waals surface area contributed by atoms with E-state index in [9.17, 15) is 9.18 Å². The third-order valence-electron chi connectivity index (χ3n) is 3.41. The van der Waals surface area contributed by atoms with Gasteiger partial charge in [-0.1, -0.05) is 5.16 Å². The van der Waals surface area contributed by atoms with Gasteiger partial charge in [-0.3, -0.25) is 9.69 Å². The smallest absolute Gasteiger partial charge is 0.234 e.